The highest BCUT2D eigenvalue weighted by Crippen LogP contribution is 2.27. The van der Waals surface area contributed by atoms with Gasteiger partial charge in [0.2, 0.25) is 5.91 Å². The van der Waals surface area contributed by atoms with Crippen molar-refractivity contribution in [3.63, 3.8) is 0 Å². The number of carbonyl (C=O) groups excluding carboxylic acids is 1. The highest BCUT2D eigenvalue weighted by Gasteiger charge is 2.44. The van der Waals surface area contributed by atoms with E-state index in [4.69, 9.17) is 0 Å². The van der Waals surface area contributed by atoms with Gasteiger partial charge in [0.15, 0.2) is 0 Å². The SMILES string of the molecule is Cn1ccnc1CN1CCC2(CC1)NCC(C)(C)CNC2=O. The van der Waals surface area contributed by atoms with Gasteiger partial charge in [-0.25, -0.2) is 4.98 Å². The second-order valence-corrected chi connectivity index (χ2v) is 7.51. The van der Waals surface area contributed by atoms with Crippen LogP contribution in [0.3, 0.4) is 0 Å². The summed E-state index contributed by atoms with van der Waals surface area (Å²) in [6.45, 7) is 8.71. The zero-order valence-electron chi connectivity index (χ0n) is 13.9. The van der Waals surface area contributed by atoms with Crippen LogP contribution < -0.4 is 10.6 Å². The minimum Gasteiger partial charge on any atom is -0.354 e. The first-order valence-corrected chi connectivity index (χ1v) is 8.12. The van der Waals surface area contributed by atoms with Crippen molar-refractivity contribution in [1.82, 2.24) is 25.1 Å². The van der Waals surface area contributed by atoms with E-state index < -0.39 is 0 Å². The normalized spacial score (nSPS) is 25.0. The molecule has 122 valence electrons. The fourth-order valence-corrected chi connectivity index (χ4v) is 3.29. The molecule has 2 saturated heterocycles. The predicted molar refractivity (Wildman–Crippen MR) is 85.2 cm³/mol. The number of aromatic nitrogens is 2. The van der Waals surface area contributed by atoms with Gasteiger partial charge < -0.3 is 15.2 Å². The molecule has 2 N–H and O–H groups in total. The largest absolute Gasteiger partial charge is 0.354 e. The van der Waals surface area contributed by atoms with Crippen LogP contribution in [0.2, 0.25) is 0 Å². The van der Waals surface area contributed by atoms with E-state index in [9.17, 15) is 4.79 Å². The molecule has 1 aromatic rings. The maximum atomic E-state index is 12.5. The second-order valence-electron chi connectivity index (χ2n) is 7.51. The molecule has 2 aliphatic heterocycles. The van der Waals surface area contributed by atoms with E-state index >= 15 is 0 Å². The number of aryl methyl sites for hydroxylation is 1. The van der Waals surface area contributed by atoms with Crippen molar-refractivity contribution < 1.29 is 4.79 Å². The number of imidazole rings is 1. The summed E-state index contributed by atoms with van der Waals surface area (Å²) < 4.78 is 2.06. The fourth-order valence-electron chi connectivity index (χ4n) is 3.29. The van der Waals surface area contributed by atoms with Crippen molar-refractivity contribution in [2.75, 3.05) is 26.2 Å². The number of amides is 1. The molecule has 0 atom stereocenters. The van der Waals surface area contributed by atoms with E-state index in [2.05, 4.69) is 38.9 Å². The molecule has 0 bridgehead atoms. The molecule has 22 heavy (non-hydrogen) atoms. The molecular formula is C16H27N5O. The van der Waals surface area contributed by atoms with Gasteiger partial charge in [-0.15, -0.1) is 0 Å². The van der Waals surface area contributed by atoms with Crippen LogP contribution in [0.4, 0.5) is 0 Å². The monoisotopic (exact) mass is 305 g/mol. The van der Waals surface area contributed by atoms with Crippen molar-refractivity contribution in [2.45, 2.75) is 38.8 Å². The summed E-state index contributed by atoms with van der Waals surface area (Å²) in [4.78, 5) is 19.3. The van der Waals surface area contributed by atoms with E-state index in [-0.39, 0.29) is 16.9 Å². The van der Waals surface area contributed by atoms with Gasteiger partial charge in [0, 0.05) is 45.6 Å². The lowest BCUT2D eigenvalue weighted by atomic mass is 9.86. The number of nitrogens with one attached hydrogen (secondary N) is 2. The molecule has 1 spiro atoms. The Kier molecular flexibility index (Phi) is 3.99. The summed E-state index contributed by atoms with van der Waals surface area (Å²) in [7, 11) is 2.02. The molecule has 0 unspecified atom stereocenters. The van der Waals surface area contributed by atoms with E-state index in [1.165, 1.54) is 0 Å². The molecule has 3 rings (SSSR count). The van der Waals surface area contributed by atoms with Crippen molar-refractivity contribution in [1.29, 1.82) is 0 Å². The summed E-state index contributed by atoms with van der Waals surface area (Å²) in [5.74, 6) is 1.25. The van der Waals surface area contributed by atoms with Crippen LogP contribution in [0.25, 0.3) is 0 Å². The smallest absolute Gasteiger partial charge is 0.240 e. The Morgan fingerprint density at radius 3 is 2.64 bits per heavy atom. The van der Waals surface area contributed by atoms with Crippen LogP contribution in [0, 0.1) is 5.41 Å². The molecule has 6 nitrogen and oxygen atoms in total. The van der Waals surface area contributed by atoms with Crippen LogP contribution in [0.15, 0.2) is 12.4 Å². The molecule has 1 amide bonds. The quantitative estimate of drug-likeness (QED) is 0.835. The Balaban J connectivity index is 1.63. The molecule has 2 aliphatic rings. The van der Waals surface area contributed by atoms with Gasteiger partial charge in [0.25, 0.3) is 0 Å². The van der Waals surface area contributed by atoms with Crippen molar-refractivity contribution in [3.05, 3.63) is 18.2 Å². The van der Waals surface area contributed by atoms with Gasteiger partial charge in [-0.2, -0.15) is 0 Å². The van der Waals surface area contributed by atoms with E-state index in [1.807, 2.05) is 19.4 Å². The third-order valence-electron chi connectivity index (χ3n) is 5.06. The van der Waals surface area contributed by atoms with Gasteiger partial charge in [-0.3, -0.25) is 9.69 Å². The van der Waals surface area contributed by atoms with Crippen LogP contribution >= 0.6 is 0 Å². The molecule has 0 radical (unpaired) electrons. The minimum absolute atomic E-state index is 0.114. The van der Waals surface area contributed by atoms with Crippen LogP contribution in [0.1, 0.15) is 32.5 Å². The van der Waals surface area contributed by atoms with Gasteiger partial charge >= 0.3 is 0 Å². The third-order valence-corrected chi connectivity index (χ3v) is 5.06. The highest BCUT2D eigenvalue weighted by molar-refractivity contribution is 5.86. The first kappa shape index (κ1) is 15.5. The summed E-state index contributed by atoms with van der Waals surface area (Å²) in [6.07, 6.45) is 5.53. The van der Waals surface area contributed by atoms with E-state index in [0.717, 1.165) is 51.4 Å². The van der Waals surface area contributed by atoms with Gasteiger partial charge in [-0.1, -0.05) is 13.8 Å². The summed E-state index contributed by atoms with van der Waals surface area (Å²) >= 11 is 0. The van der Waals surface area contributed by atoms with Crippen molar-refractivity contribution >= 4 is 5.91 Å². The first-order chi connectivity index (χ1) is 10.4. The highest BCUT2D eigenvalue weighted by atomic mass is 16.2. The summed E-state index contributed by atoms with van der Waals surface area (Å²) in [5, 5.41) is 6.70. The Hall–Kier alpha value is -1.40. The van der Waals surface area contributed by atoms with Gasteiger partial charge in [0.1, 0.15) is 11.4 Å². The average Bonchev–Trinajstić information content (AvgIpc) is 2.85. The van der Waals surface area contributed by atoms with Crippen molar-refractivity contribution in [3.8, 4) is 0 Å². The van der Waals surface area contributed by atoms with Crippen LogP contribution in [0.5, 0.6) is 0 Å². The molecule has 0 aliphatic carbocycles. The average molecular weight is 305 g/mol. The van der Waals surface area contributed by atoms with Crippen molar-refractivity contribution in [2.24, 2.45) is 12.5 Å². The lowest BCUT2D eigenvalue weighted by Gasteiger charge is -2.40. The zero-order valence-corrected chi connectivity index (χ0v) is 13.9. The fraction of sp³-hybridized carbons (Fsp3) is 0.750. The first-order valence-electron chi connectivity index (χ1n) is 8.12. The van der Waals surface area contributed by atoms with E-state index in [0.29, 0.717) is 0 Å². The number of hydrogen-bond donors (Lipinski definition) is 2. The Labute approximate surface area is 132 Å². The molecule has 0 aromatic carbocycles. The van der Waals surface area contributed by atoms with Crippen LogP contribution in [-0.2, 0) is 18.4 Å². The van der Waals surface area contributed by atoms with E-state index in [1.54, 1.807) is 0 Å². The number of rotatable bonds is 2. The van der Waals surface area contributed by atoms with Gasteiger partial charge in [-0.05, 0) is 18.3 Å². The Bertz CT molecular complexity index is 542. The third kappa shape index (κ3) is 3.03. The molecule has 1 aromatic heterocycles. The number of piperidine rings is 1. The lowest BCUT2D eigenvalue weighted by Crippen LogP contribution is -2.60. The zero-order chi connectivity index (χ0) is 15.8. The maximum absolute atomic E-state index is 12.5. The minimum atomic E-state index is -0.383. The topological polar surface area (TPSA) is 62.2 Å². The standard InChI is InChI=1S/C16H27N5O/c1-15(2)11-18-14(22)16(19-12-15)4-7-21(8-5-16)10-13-17-6-9-20(13)3/h6,9,19H,4-5,7-8,10-12H2,1-3H3,(H,18,22). The number of likely N-dealkylation sites (tertiary alicyclic amines) is 1. The molecule has 0 saturated carbocycles. The molecule has 3 heterocycles. The number of nitrogens with zero attached hydrogens (tertiary/aromatic N) is 3. The Morgan fingerprint density at radius 2 is 2.00 bits per heavy atom. The number of hydrogen-bond acceptors (Lipinski definition) is 4. The maximum Gasteiger partial charge on any atom is 0.240 e. The second kappa shape index (κ2) is 5.66. The summed E-state index contributed by atoms with van der Waals surface area (Å²) in [6, 6.07) is 0. The molecule has 6 heteroatoms. The molecule has 2 fully saturated rings. The predicted octanol–water partition coefficient (Wildman–Crippen LogP) is 0.500. The Morgan fingerprint density at radius 1 is 1.27 bits per heavy atom. The van der Waals surface area contributed by atoms with Crippen LogP contribution in [-0.4, -0.2) is 52.1 Å². The lowest BCUT2D eigenvalue weighted by molar-refractivity contribution is -0.129. The van der Waals surface area contributed by atoms with Gasteiger partial charge in [0.05, 0.1) is 6.54 Å². The molecular weight excluding hydrogens is 278 g/mol. The number of carbonyl (C=O) groups is 1. The summed E-state index contributed by atoms with van der Waals surface area (Å²) in [5.41, 5.74) is -0.269.